The molecule has 1 aromatic carbocycles. The Hall–Kier alpha value is -1.06. The lowest BCUT2D eigenvalue weighted by Gasteiger charge is -2.12. The van der Waals surface area contributed by atoms with Gasteiger partial charge in [0.1, 0.15) is 5.75 Å². The molecule has 1 aromatic heterocycles. The summed E-state index contributed by atoms with van der Waals surface area (Å²) in [6.07, 6.45) is 1.70. The van der Waals surface area contributed by atoms with E-state index in [4.69, 9.17) is 16.3 Å². The van der Waals surface area contributed by atoms with Crippen molar-refractivity contribution in [3.63, 3.8) is 0 Å². The Morgan fingerprint density at radius 2 is 1.88 bits per heavy atom. The smallest absolute Gasteiger partial charge is 0.233 e. The van der Waals surface area contributed by atoms with E-state index in [2.05, 4.69) is 20.9 Å². The average Bonchev–Trinajstić information content (AvgIpc) is 2.25. The summed E-state index contributed by atoms with van der Waals surface area (Å²) in [5, 5.41) is 0.715. The van der Waals surface area contributed by atoms with E-state index in [0.29, 0.717) is 10.9 Å². The number of nitrogens with zero attached hydrogens (tertiary/aromatic N) is 1. The molecule has 1 heterocycles. The van der Waals surface area contributed by atoms with Crippen LogP contribution < -0.4 is 4.74 Å². The third kappa shape index (κ3) is 2.79. The molecule has 17 heavy (non-hydrogen) atoms. The second kappa shape index (κ2) is 5.07. The minimum absolute atomic E-state index is 0.557. The van der Waals surface area contributed by atoms with Crippen molar-refractivity contribution in [2.75, 3.05) is 0 Å². The lowest BCUT2D eigenvalue weighted by Crippen LogP contribution is -1.93. The van der Waals surface area contributed by atoms with Crippen LogP contribution in [0.3, 0.4) is 0 Å². The van der Waals surface area contributed by atoms with Crippen molar-refractivity contribution in [1.82, 2.24) is 4.98 Å². The largest absolute Gasteiger partial charge is 0.437 e. The molecule has 0 aliphatic rings. The standard InChI is InChI=1S/C13H11BrClNO/c1-8-6-10(15)7-9(2)12(8)17-13-11(14)4-3-5-16-13/h3-7H,1-2H3. The van der Waals surface area contributed by atoms with E-state index < -0.39 is 0 Å². The molecule has 0 spiro atoms. The van der Waals surface area contributed by atoms with Crippen LogP contribution in [0.25, 0.3) is 0 Å². The number of pyridine rings is 1. The summed E-state index contributed by atoms with van der Waals surface area (Å²) >= 11 is 9.38. The Morgan fingerprint density at radius 1 is 1.24 bits per heavy atom. The van der Waals surface area contributed by atoms with Crippen molar-refractivity contribution in [3.05, 3.63) is 51.1 Å². The molecule has 0 atom stereocenters. The highest BCUT2D eigenvalue weighted by atomic mass is 79.9. The van der Waals surface area contributed by atoms with E-state index in [1.807, 2.05) is 38.1 Å². The molecule has 0 N–H and O–H groups in total. The van der Waals surface area contributed by atoms with Crippen LogP contribution in [0.2, 0.25) is 5.02 Å². The number of aromatic nitrogens is 1. The van der Waals surface area contributed by atoms with Gasteiger partial charge in [0.15, 0.2) is 0 Å². The predicted molar refractivity (Wildman–Crippen MR) is 72.9 cm³/mol. The molecule has 2 aromatic rings. The minimum Gasteiger partial charge on any atom is -0.437 e. The molecule has 2 rings (SSSR count). The van der Waals surface area contributed by atoms with Gasteiger partial charge >= 0.3 is 0 Å². The highest BCUT2D eigenvalue weighted by molar-refractivity contribution is 9.10. The zero-order chi connectivity index (χ0) is 12.4. The molecule has 0 aliphatic heterocycles. The first-order valence-corrected chi connectivity index (χ1v) is 6.30. The number of halogens is 2. The molecule has 0 amide bonds. The summed E-state index contributed by atoms with van der Waals surface area (Å²) in [5.74, 6) is 1.36. The molecular weight excluding hydrogens is 302 g/mol. The first-order valence-electron chi connectivity index (χ1n) is 5.13. The van der Waals surface area contributed by atoms with Crippen LogP contribution in [0.15, 0.2) is 34.9 Å². The Bertz CT molecular complexity index is 534. The third-order valence-electron chi connectivity index (χ3n) is 2.35. The van der Waals surface area contributed by atoms with Crippen molar-refractivity contribution in [2.24, 2.45) is 0 Å². The summed E-state index contributed by atoms with van der Waals surface area (Å²) in [6, 6.07) is 7.49. The van der Waals surface area contributed by atoms with Gasteiger partial charge in [0.2, 0.25) is 5.88 Å². The molecule has 0 radical (unpaired) electrons. The monoisotopic (exact) mass is 311 g/mol. The zero-order valence-corrected chi connectivity index (χ0v) is 11.8. The number of hydrogen-bond donors (Lipinski definition) is 0. The van der Waals surface area contributed by atoms with E-state index >= 15 is 0 Å². The number of aryl methyl sites for hydroxylation is 2. The van der Waals surface area contributed by atoms with Crippen LogP contribution in [0.1, 0.15) is 11.1 Å². The van der Waals surface area contributed by atoms with Crippen LogP contribution in [0.4, 0.5) is 0 Å². The van der Waals surface area contributed by atoms with Crippen LogP contribution in [-0.2, 0) is 0 Å². The number of ether oxygens (including phenoxy) is 1. The molecule has 2 nitrogen and oxygen atoms in total. The van der Waals surface area contributed by atoms with Crippen LogP contribution in [-0.4, -0.2) is 4.98 Å². The van der Waals surface area contributed by atoms with E-state index in [0.717, 1.165) is 21.3 Å². The molecule has 0 bridgehead atoms. The highest BCUT2D eigenvalue weighted by Gasteiger charge is 2.09. The summed E-state index contributed by atoms with van der Waals surface area (Å²) < 4.78 is 6.64. The molecule has 0 unspecified atom stereocenters. The Labute approximate surface area is 114 Å². The molecule has 0 aliphatic carbocycles. The molecule has 88 valence electrons. The number of rotatable bonds is 2. The average molecular weight is 313 g/mol. The van der Waals surface area contributed by atoms with Gasteiger partial charge in [-0.2, -0.15) is 0 Å². The van der Waals surface area contributed by atoms with E-state index in [-0.39, 0.29) is 0 Å². The maximum Gasteiger partial charge on any atom is 0.233 e. The SMILES string of the molecule is Cc1cc(Cl)cc(C)c1Oc1ncccc1Br. The molecular formula is C13H11BrClNO. The second-order valence-electron chi connectivity index (χ2n) is 3.76. The molecule has 0 saturated carbocycles. The topological polar surface area (TPSA) is 22.1 Å². The molecule has 4 heteroatoms. The number of benzene rings is 1. The Kier molecular flexibility index (Phi) is 3.69. The first-order chi connectivity index (χ1) is 8.08. The van der Waals surface area contributed by atoms with Gasteiger partial charge in [-0.1, -0.05) is 11.6 Å². The fraction of sp³-hybridized carbons (Fsp3) is 0.154. The summed E-state index contributed by atoms with van der Waals surface area (Å²) in [6.45, 7) is 3.93. The zero-order valence-electron chi connectivity index (χ0n) is 9.50. The number of hydrogen-bond acceptors (Lipinski definition) is 2. The van der Waals surface area contributed by atoms with Gasteiger partial charge < -0.3 is 4.74 Å². The van der Waals surface area contributed by atoms with Gasteiger partial charge in [-0.25, -0.2) is 4.98 Å². The highest BCUT2D eigenvalue weighted by Crippen LogP contribution is 2.33. The molecule has 0 saturated heterocycles. The van der Waals surface area contributed by atoms with Gasteiger partial charge in [0.05, 0.1) is 4.47 Å². The Balaban J connectivity index is 2.40. The first kappa shape index (κ1) is 12.4. The van der Waals surface area contributed by atoms with Gasteiger partial charge in [-0.15, -0.1) is 0 Å². The van der Waals surface area contributed by atoms with Gasteiger partial charge in [0, 0.05) is 11.2 Å². The lowest BCUT2D eigenvalue weighted by atomic mass is 10.1. The van der Waals surface area contributed by atoms with Crippen molar-refractivity contribution < 1.29 is 4.74 Å². The van der Waals surface area contributed by atoms with E-state index in [9.17, 15) is 0 Å². The predicted octanol–water partition coefficient (Wildman–Crippen LogP) is 4.91. The molecule has 0 fully saturated rings. The maximum atomic E-state index is 5.98. The normalized spacial score (nSPS) is 10.4. The fourth-order valence-corrected chi connectivity index (χ4v) is 2.26. The summed E-state index contributed by atoms with van der Waals surface area (Å²) in [4.78, 5) is 4.18. The van der Waals surface area contributed by atoms with Crippen molar-refractivity contribution in [2.45, 2.75) is 13.8 Å². The minimum atomic E-state index is 0.557. The maximum absolute atomic E-state index is 5.98. The van der Waals surface area contributed by atoms with Gasteiger partial charge in [0.25, 0.3) is 0 Å². The quantitative estimate of drug-likeness (QED) is 0.786. The summed E-state index contributed by atoms with van der Waals surface area (Å²) in [5.41, 5.74) is 1.99. The van der Waals surface area contributed by atoms with Crippen LogP contribution >= 0.6 is 27.5 Å². The second-order valence-corrected chi connectivity index (χ2v) is 5.05. The van der Waals surface area contributed by atoms with Gasteiger partial charge in [-0.05, 0) is 65.2 Å². The van der Waals surface area contributed by atoms with Crippen LogP contribution in [0.5, 0.6) is 11.6 Å². The van der Waals surface area contributed by atoms with E-state index in [1.165, 1.54) is 0 Å². The Morgan fingerprint density at radius 3 is 2.47 bits per heavy atom. The van der Waals surface area contributed by atoms with E-state index in [1.54, 1.807) is 6.20 Å². The van der Waals surface area contributed by atoms with Gasteiger partial charge in [-0.3, -0.25) is 0 Å². The van der Waals surface area contributed by atoms with Crippen molar-refractivity contribution in [1.29, 1.82) is 0 Å². The fourth-order valence-electron chi connectivity index (χ4n) is 1.60. The van der Waals surface area contributed by atoms with Crippen molar-refractivity contribution >= 4 is 27.5 Å². The summed E-state index contributed by atoms with van der Waals surface area (Å²) in [7, 11) is 0. The van der Waals surface area contributed by atoms with Crippen LogP contribution in [0, 0.1) is 13.8 Å². The lowest BCUT2D eigenvalue weighted by molar-refractivity contribution is 0.453. The third-order valence-corrected chi connectivity index (χ3v) is 3.17. The van der Waals surface area contributed by atoms with Crippen molar-refractivity contribution in [3.8, 4) is 11.6 Å².